The van der Waals surface area contributed by atoms with Gasteiger partial charge in [0.1, 0.15) is 5.69 Å². The van der Waals surface area contributed by atoms with E-state index in [4.69, 9.17) is 0 Å². The highest BCUT2D eigenvalue weighted by Gasteiger charge is 2.29. The Bertz CT molecular complexity index is 895. The maximum Gasteiger partial charge on any atom is 0.291 e. The molecule has 0 atom stereocenters. The van der Waals surface area contributed by atoms with Crippen LogP contribution in [-0.4, -0.2) is 45.1 Å². The van der Waals surface area contributed by atoms with Gasteiger partial charge in [-0.15, -0.1) is 0 Å². The Balaban J connectivity index is 1.89. The standard InChI is InChI=1S/C21H26N4O3/c1-4-24(5-2)21(28)18-17-8-6-7-13-25(17)19(23-18)20(27)22-16-11-9-15(10-12-16)14(3)26/h9-12H,4-8,13H2,1-3H3,(H,22,27). The lowest BCUT2D eigenvalue weighted by atomic mass is 10.1. The number of nitrogens with zero attached hydrogens (tertiary/aromatic N) is 3. The topological polar surface area (TPSA) is 84.3 Å². The predicted molar refractivity (Wildman–Crippen MR) is 107 cm³/mol. The van der Waals surface area contributed by atoms with Crippen molar-refractivity contribution in [3.05, 3.63) is 47.0 Å². The molecule has 3 rings (SSSR count). The minimum Gasteiger partial charge on any atom is -0.338 e. The quantitative estimate of drug-likeness (QED) is 0.778. The molecule has 0 aliphatic carbocycles. The zero-order valence-electron chi connectivity index (χ0n) is 16.6. The lowest BCUT2D eigenvalue weighted by molar-refractivity contribution is 0.0765. The van der Waals surface area contributed by atoms with Crippen molar-refractivity contribution in [2.24, 2.45) is 0 Å². The molecule has 1 aromatic carbocycles. The third-order valence-electron chi connectivity index (χ3n) is 5.12. The lowest BCUT2D eigenvalue weighted by Gasteiger charge is -2.20. The molecule has 1 aliphatic rings. The zero-order chi connectivity index (χ0) is 20.3. The molecular weight excluding hydrogens is 356 g/mol. The van der Waals surface area contributed by atoms with Crippen LogP contribution in [0, 0.1) is 0 Å². The van der Waals surface area contributed by atoms with E-state index >= 15 is 0 Å². The molecule has 1 aromatic heterocycles. The summed E-state index contributed by atoms with van der Waals surface area (Å²) in [6.45, 7) is 7.25. The van der Waals surface area contributed by atoms with E-state index in [1.807, 2.05) is 18.4 Å². The second-order valence-corrected chi connectivity index (χ2v) is 6.90. The van der Waals surface area contributed by atoms with Crippen molar-refractivity contribution in [3.63, 3.8) is 0 Å². The molecule has 0 unspecified atom stereocenters. The van der Waals surface area contributed by atoms with Crippen LogP contribution in [0.15, 0.2) is 24.3 Å². The zero-order valence-corrected chi connectivity index (χ0v) is 16.6. The number of aromatic nitrogens is 2. The van der Waals surface area contributed by atoms with E-state index < -0.39 is 0 Å². The number of ketones is 1. The molecule has 148 valence electrons. The van der Waals surface area contributed by atoms with Gasteiger partial charge in [0.15, 0.2) is 11.6 Å². The number of Topliss-reactive ketones (excluding diaryl/α,β-unsaturated/α-hetero) is 1. The SMILES string of the molecule is CCN(CC)C(=O)c1nc(C(=O)Nc2ccc(C(C)=O)cc2)n2c1CCCC2. The minimum atomic E-state index is -0.350. The summed E-state index contributed by atoms with van der Waals surface area (Å²) < 4.78 is 1.87. The van der Waals surface area contributed by atoms with Crippen molar-refractivity contribution in [2.75, 3.05) is 18.4 Å². The Hall–Kier alpha value is -2.96. The maximum atomic E-state index is 12.9. The van der Waals surface area contributed by atoms with Gasteiger partial charge in [0.25, 0.3) is 11.8 Å². The van der Waals surface area contributed by atoms with Gasteiger partial charge in [0.05, 0.1) is 5.69 Å². The third-order valence-corrected chi connectivity index (χ3v) is 5.12. The van der Waals surface area contributed by atoms with Crippen molar-refractivity contribution in [2.45, 2.75) is 46.6 Å². The van der Waals surface area contributed by atoms with E-state index in [1.54, 1.807) is 29.2 Å². The van der Waals surface area contributed by atoms with E-state index in [0.29, 0.717) is 36.6 Å². The normalized spacial score (nSPS) is 13.0. The van der Waals surface area contributed by atoms with Gasteiger partial charge in [0, 0.05) is 30.9 Å². The van der Waals surface area contributed by atoms with Crippen LogP contribution in [0.25, 0.3) is 0 Å². The summed E-state index contributed by atoms with van der Waals surface area (Å²) in [7, 11) is 0. The van der Waals surface area contributed by atoms with E-state index in [2.05, 4.69) is 10.3 Å². The molecule has 0 radical (unpaired) electrons. The maximum absolute atomic E-state index is 12.9. The monoisotopic (exact) mass is 382 g/mol. The van der Waals surface area contributed by atoms with Crippen LogP contribution in [0.5, 0.6) is 0 Å². The van der Waals surface area contributed by atoms with Crippen LogP contribution >= 0.6 is 0 Å². The summed E-state index contributed by atoms with van der Waals surface area (Å²) >= 11 is 0. The summed E-state index contributed by atoms with van der Waals surface area (Å²) in [5.74, 6) is -0.238. The smallest absolute Gasteiger partial charge is 0.291 e. The van der Waals surface area contributed by atoms with Crippen LogP contribution in [0.2, 0.25) is 0 Å². The van der Waals surface area contributed by atoms with E-state index in [1.165, 1.54) is 6.92 Å². The predicted octanol–water partition coefficient (Wildman–Crippen LogP) is 3.16. The molecule has 0 bridgehead atoms. The summed E-state index contributed by atoms with van der Waals surface area (Å²) in [5.41, 5.74) is 2.41. The van der Waals surface area contributed by atoms with Crippen LogP contribution in [-0.2, 0) is 13.0 Å². The van der Waals surface area contributed by atoms with E-state index in [0.717, 1.165) is 25.0 Å². The number of anilines is 1. The third kappa shape index (κ3) is 3.83. The van der Waals surface area contributed by atoms with E-state index in [9.17, 15) is 14.4 Å². The Morgan fingerprint density at radius 1 is 1.11 bits per heavy atom. The van der Waals surface area contributed by atoms with Gasteiger partial charge in [-0.25, -0.2) is 4.98 Å². The Morgan fingerprint density at radius 3 is 2.39 bits per heavy atom. The van der Waals surface area contributed by atoms with Crippen molar-refractivity contribution in [1.82, 2.24) is 14.5 Å². The van der Waals surface area contributed by atoms with Gasteiger partial charge in [-0.2, -0.15) is 0 Å². The highest BCUT2D eigenvalue weighted by molar-refractivity contribution is 6.04. The molecule has 2 aromatic rings. The molecule has 0 saturated carbocycles. The Morgan fingerprint density at radius 2 is 1.79 bits per heavy atom. The molecule has 0 saturated heterocycles. The van der Waals surface area contributed by atoms with Crippen LogP contribution in [0.4, 0.5) is 5.69 Å². The average Bonchev–Trinajstić information content (AvgIpc) is 3.09. The molecule has 1 N–H and O–H groups in total. The van der Waals surface area contributed by atoms with Crippen LogP contribution in [0.1, 0.15) is 70.8 Å². The van der Waals surface area contributed by atoms with Crippen molar-refractivity contribution in [1.29, 1.82) is 0 Å². The van der Waals surface area contributed by atoms with Crippen LogP contribution < -0.4 is 5.32 Å². The summed E-state index contributed by atoms with van der Waals surface area (Å²) in [6.07, 6.45) is 2.68. The first-order valence-electron chi connectivity index (χ1n) is 9.77. The molecule has 28 heavy (non-hydrogen) atoms. The first-order valence-corrected chi connectivity index (χ1v) is 9.77. The van der Waals surface area contributed by atoms with Gasteiger partial charge >= 0.3 is 0 Å². The molecule has 2 amide bonds. The Kier molecular flexibility index (Phi) is 5.92. The fraction of sp³-hybridized carbons (Fsp3) is 0.429. The second-order valence-electron chi connectivity index (χ2n) is 6.90. The molecule has 0 fully saturated rings. The number of amides is 2. The van der Waals surface area contributed by atoms with E-state index in [-0.39, 0.29) is 23.4 Å². The van der Waals surface area contributed by atoms with Gasteiger partial charge in [-0.1, -0.05) is 0 Å². The number of hydrogen-bond donors (Lipinski definition) is 1. The number of carbonyl (C=O) groups is 3. The molecule has 0 spiro atoms. The molecule has 7 heteroatoms. The molecule has 7 nitrogen and oxygen atoms in total. The van der Waals surface area contributed by atoms with Gasteiger partial charge in [0.2, 0.25) is 0 Å². The first kappa shape index (κ1) is 19.8. The molecule has 2 heterocycles. The van der Waals surface area contributed by atoms with Crippen molar-refractivity contribution in [3.8, 4) is 0 Å². The number of hydrogen-bond acceptors (Lipinski definition) is 4. The minimum absolute atomic E-state index is 0.0280. The van der Waals surface area contributed by atoms with Crippen molar-refractivity contribution < 1.29 is 14.4 Å². The molecular formula is C21H26N4O3. The largest absolute Gasteiger partial charge is 0.338 e. The van der Waals surface area contributed by atoms with Gasteiger partial charge in [-0.3, -0.25) is 14.4 Å². The fourth-order valence-electron chi connectivity index (χ4n) is 3.52. The summed E-state index contributed by atoms with van der Waals surface area (Å²) in [5, 5.41) is 2.83. The number of fused-ring (bicyclic) bond motifs is 1. The number of rotatable bonds is 6. The first-order chi connectivity index (χ1) is 13.5. The Labute approximate surface area is 164 Å². The number of nitrogens with one attached hydrogen (secondary N) is 1. The number of imidazole rings is 1. The van der Waals surface area contributed by atoms with Crippen molar-refractivity contribution >= 4 is 23.3 Å². The fourth-order valence-corrected chi connectivity index (χ4v) is 3.52. The highest BCUT2D eigenvalue weighted by Crippen LogP contribution is 2.23. The lowest BCUT2D eigenvalue weighted by Crippen LogP contribution is -2.31. The average molecular weight is 382 g/mol. The number of benzene rings is 1. The van der Waals surface area contributed by atoms with Crippen LogP contribution in [0.3, 0.4) is 0 Å². The highest BCUT2D eigenvalue weighted by atomic mass is 16.2. The summed E-state index contributed by atoms with van der Waals surface area (Å²) in [4.78, 5) is 43.3. The number of carbonyl (C=O) groups excluding carboxylic acids is 3. The molecule has 1 aliphatic heterocycles. The second kappa shape index (κ2) is 8.37. The van der Waals surface area contributed by atoms with Gasteiger partial charge < -0.3 is 14.8 Å². The summed E-state index contributed by atoms with van der Waals surface area (Å²) in [6, 6.07) is 6.73. The van der Waals surface area contributed by atoms with Gasteiger partial charge in [-0.05, 0) is 64.3 Å².